The molecule has 0 saturated carbocycles. The van der Waals surface area contributed by atoms with Crippen LogP contribution in [0.25, 0.3) is 16.9 Å². The molecule has 3 aromatic rings. The van der Waals surface area contributed by atoms with E-state index in [0.717, 1.165) is 17.7 Å². The maximum atomic E-state index is 12.9. The molecule has 3 heterocycles. The number of rotatable bonds is 4. The van der Waals surface area contributed by atoms with E-state index < -0.39 is 0 Å². The molecule has 128 valence electrons. The summed E-state index contributed by atoms with van der Waals surface area (Å²) in [6, 6.07) is 0.258. The van der Waals surface area contributed by atoms with Gasteiger partial charge in [0.25, 0.3) is 5.56 Å². The molecule has 0 bridgehead atoms. The molecular formula is C17H23N5O2. The molecule has 0 saturated heterocycles. The standard InChI is InChI=1S/C17H23N5O2/c1-7-11(4)22-12(5)9-20-13-14(18-16(20)22)19(6)17(24)21(15(13)23)8-10(2)3/h9,11H,2,7-8H2,1,3-6H3/t11-/m1/s1. The van der Waals surface area contributed by atoms with Crippen molar-refractivity contribution in [2.24, 2.45) is 7.05 Å². The molecule has 7 nitrogen and oxygen atoms in total. The van der Waals surface area contributed by atoms with Gasteiger partial charge in [0.2, 0.25) is 5.78 Å². The van der Waals surface area contributed by atoms with Crippen LogP contribution >= 0.6 is 0 Å². The number of aromatic nitrogens is 5. The smallest absolute Gasteiger partial charge is 0.311 e. The van der Waals surface area contributed by atoms with E-state index in [-0.39, 0.29) is 23.8 Å². The molecule has 0 N–H and O–H groups in total. The molecule has 0 aromatic carbocycles. The summed E-state index contributed by atoms with van der Waals surface area (Å²) in [6.45, 7) is 12.0. The van der Waals surface area contributed by atoms with Crippen LogP contribution in [0.15, 0.2) is 27.9 Å². The van der Waals surface area contributed by atoms with Crippen LogP contribution < -0.4 is 11.2 Å². The normalized spacial score (nSPS) is 13.0. The SMILES string of the molecule is C=C(C)Cn1c(=O)c2c(nc3n([C@H](C)CC)c(C)cn23)n(C)c1=O. The first-order valence-corrected chi connectivity index (χ1v) is 8.11. The third kappa shape index (κ3) is 2.15. The molecule has 1 atom stereocenters. The van der Waals surface area contributed by atoms with Crippen molar-refractivity contribution in [3.8, 4) is 0 Å². The first-order valence-electron chi connectivity index (χ1n) is 8.11. The summed E-state index contributed by atoms with van der Waals surface area (Å²) < 4.78 is 6.55. The lowest BCUT2D eigenvalue weighted by atomic mass is 10.2. The predicted molar refractivity (Wildman–Crippen MR) is 94.7 cm³/mol. The highest BCUT2D eigenvalue weighted by molar-refractivity contribution is 5.75. The van der Waals surface area contributed by atoms with Crippen molar-refractivity contribution in [2.75, 3.05) is 0 Å². The van der Waals surface area contributed by atoms with Crippen LogP contribution in [0.1, 0.15) is 38.9 Å². The minimum absolute atomic E-state index is 0.208. The summed E-state index contributed by atoms with van der Waals surface area (Å²) in [5, 5.41) is 0. The highest BCUT2D eigenvalue weighted by Crippen LogP contribution is 2.22. The lowest BCUT2D eigenvalue weighted by molar-refractivity contribution is 0.532. The molecule has 0 spiro atoms. The van der Waals surface area contributed by atoms with Gasteiger partial charge in [0.1, 0.15) is 0 Å². The van der Waals surface area contributed by atoms with Crippen molar-refractivity contribution in [3.63, 3.8) is 0 Å². The Morgan fingerprint density at radius 3 is 2.62 bits per heavy atom. The summed E-state index contributed by atoms with van der Waals surface area (Å²) in [4.78, 5) is 30.0. The van der Waals surface area contributed by atoms with Crippen molar-refractivity contribution in [2.45, 2.75) is 46.7 Å². The zero-order chi connectivity index (χ0) is 17.8. The molecule has 24 heavy (non-hydrogen) atoms. The summed E-state index contributed by atoms with van der Waals surface area (Å²) in [5.74, 6) is 0.692. The number of hydrogen-bond acceptors (Lipinski definition) is 3. The fourth-order valence-corrected chi connectivity index (χ4v) is 3.16. The topological polar surface area (TPSA) is 66.2 Å². The van der Waals surface area contributed by atoms with Crippen LogP contribution in [0.4, 0.5) is 0 Å². The Morgan fingerprint density at radius 1 is 1.38 bits per heavy atom. The molecule has 7 heteroatoms. The Morgan fingerprint density at radius 2 is 2.04 bits per heavy atom. The highest BCUT2D eigenvalue weighted by Gasteiger charge is 2.21. The largest absolute Gasteiger partial charge is 0.332 e. The third-order valence-electron chi connectivity index (χ3n) is 4.53. The molecule has 3 rings (SSSR count). The minimum Gasteiger partial charge on any atom is -0.311 e. The monoisotopic (exact) mass is 329 g/mol. The minimum atomic E-state index is -0.372. The average Bonchev–Trinajstić information content (AvgIpc) is 3.03. The predicted octanol–water partition coefficient (Wildman–Crippen LogP) is 2.00. The van der Waals surface area contributed by atoms with E-state index >= 15 is 0 Å². The number of hydrogen-bond donors (Lipinski definition) is 0. The second-order valence-corrected chi connectivity index (χ2v) is 6.54. The van der Waals surface area contributed by atoms with E-state index in [1.807, 2.05) is 13.1 Å². The quantitative estimate of drug-likeness (QED) is 0.688. The zero-order valence-corrected chi connectivity index (χ0v) is 14.8. The van der Waals surface area contributed by atoms with Gasteiger partial charge < -0.3 is 4.57 Å². The van der Waals surface area contributed by atoms with Crippen molar-refractivity contribution >= 4 is 16.9 Å². The number of fused-ring (bicyclic) bond motifs is 3. The van der Waals surface area contributed by atoms with Crippen LogP contribution in [0.5, 0.6) is 0 Å². The highest BCUT2D eigenvalue weighted by atomic mass is 16.2. The first-order chi connectivity index (χ1) is 11.3. The van der Waals surface area contributed by atoms with Crippen LogP contribution in [0.3, 0.4) is 0 Å². The Labute approximate surface area is 139 Å². The average molecular weight is 329 g/mol. The van der Waals surface area contributed by atoms with Crippen molar-refractivity contribution in [3.05, 3.63) is 44.9 Å². The van der Waals surface area contributed by atoms with Crippen LogP contribution in [0, 0.1) is 6.92 Å². The van der Waals surface area contributed by atoms with Crippen molar-refractivity contribution in [1.82, 2.24) is 23.1 Å². The number of nitrogens with zero attached hydrogens (tertiary/aromatic N) is 5. The summed E-state index contributed by atoms with van der Waals surface area (Å²) in [7, 11) is 1.64. The molecule has 0 radical (unpaired) electrons. The van der Waals surface area contributed by atoms with Gasteiger partial charge in [-0.05, 0) is 27.2 Å². The van der Waals surface area contributed by atoms with Gasteiger partial charge in [-0.25, -0.2) is 4.79 Å². The number of allylic oxidation sites excluding steroid dienone is 1. The molecule has 0 fully saturated rings. The molecule has 3 aromatic heterocycles. The van der Waals surface area contributed by atoms with Gasteiger partial charge in [-0.2, -0.15) is 4.98 Å². The Bertz CT molecular complexity index is 1080. The van der Waals surface area contributed by atoms with E-state index in [1.165, 1.54) is 9.13 Å². The summed E-state index contributed by atoms with van der Waals surface area (Å²) in [6.07, 6.45) is 2.86. The molecule has 0 aliphatic carbocycles. The van der Waals surface area contributed by atoms with E-state index in [4.69, 9.17) is 0 Å². The summed E-state index contributed by atoms with van der Waals surface area (Å²) >= 11 is 0. The lowest BCUT2D eigenvalue weighted by Crippen LogP contribution is -2.39. The molecule has 0 amide bonds. The van der Waals surface area contributed by atoms with Crippen molar-refractivity contribution in [1.29, 1.82) is 0 Å². The van der Waals surface area contributed by atoms with Crippen LogP contribution in [-0.2, 0) is 13.6 Å². The number of aryl methyl sites for hydroxylation is 2. The molecular weight excluding hydrogens is 306 g/mol. The van der Waals surface area contributed by atoms with E-state index in [1.54, 1.807) is 18.4 Å². The van der Waals surface area contributed by atoms with Crippen molar-refractivity contribution < 1.29 is 0 Å². The Kier molecular flexibility index (Phi) is 3.74. The van der Waals surface area contributed by atoms with E-state index in [0.29, 0.717) is 16.9 Å². The first kappa shape index (κ1) is 16.3. The second kappa shape index (κ2) is 5.51. The Balaban J connectivity index is 2.48. The fourth-order valence-electron chi connectivity index (χ4n) is 3.16. The van der Waals surface area contributed by atoms with Gasteiger partial charge in [0, 0.05) is 25.0 Å². The van der Waals surface area contributed by atoms with Gasteiger partial charge in [-0.15, -0.1) is 0 Å². The van der Waals surface area contributed by atoms with Crippen LogP contribution in [-0.4, -0.2) is 23.1 Å². The van der Waals surface area contributed by atoms with Gasteiger partial charge in [0.15, 0.2) is 11.2 Å². The maximum absolute atomic E-state index is 12.9. The van der Waals surface area contributed by atoms with Gasteiger partial charge in [0.05, 0.1) is 6.54 Å². The zero-order valence-electron chi connectivity index (χ0n) is 14.8. The van der Waals surface area contributed by atoms with Gasteiger partial charge in [-0.1, -0.05) is 19.1 Å². The van der Waals surface area contributed by atoms with Crippen LogP contribution in [0.2, 0.25) is 0 Å². The summed E-state index contributed by atoms with van der Waals surface area (Å²) in [5.41, 5.74) is 1.93. The lowest BCUT2D eigenvalue weighted by Gasteiger charge is -2.12. The van der Waals surface area contributed by atoms with E-state index in [2.05, 4.69) is 30.0 Å². The molecule has 0 aliphatic rings. The van der Waals surface area contributed by atoms with Gasteiger partial charge >= 0.3 is 5.69 Å². The second-order valence-electron chi connectivity index (χ2n) is 6.54. The number of imidazole rings is 2. The fraction of sp³-hybridized carbons (Fsp3) is 0.471. The third-order valence-corrected chi connectivity index (χ3v) is 4.53. The maximum Gasteiger partial charge on any atom is 0.332 e. The molecule has 0 unspecified atom stereocenters. The Hall–Kier alpha value is -2.57. The van der Waals surface area contributed by atoms with Gasteiger partial charge in [-0.3, -0.25) is 18.3 Å². The molecule has 0 aliphatic heterocycles. The van der Waals surface area contributed by atoms with E-state index in [9.17, 15) is 9.59 Å².